The van der Waals surface area contributed by atoms with Gasteiger partial charge in [0.05, 0.1) is 11.9 Å². The maximum atomic E-state index is 12.4. The molecule has 4 rings (SSSR count). The number of anilines is 1. The fourth-order valence-corrected chi connectivity index (χ4v) is 2.42. The molecule has 1 aliphatic rings. The van der Waals surface area contributed by atoms with Gasteiger partial charge >= 0.3 is 0 Å². The SMILES string of the molecule is O=C(c1cnn2c1NCc1ccccc1-2)n1ccnc1. The van der Waals surface area contributed by atoms with Crippen LogP contribution in [0.4, 0.5) is 5.82 Å². The number of carbonyl (C=O) groups excluding carboxylic acids is 1. The minimum absolute atomic E-state index is 0.143. The number of hydrogen-bond donors (Lipinski definition) is 1. The molecule has 3 aromatic rings. The van der Waals surface area contributed by atoms with Gasteiger partial charge in [-0.3, -0.25) is 9.36 Å². The van der Waals surface area contributed by atoms with Crippen molar-refractivity contribution in [2.75, 3.05) is 5.32 Å². The van der Waals surface area contributed by atoms with Crippen molar-refractivity contribution >= 4 is 11.7 Å². The van der Waals surface area contributed by atoms with Gasteiger partial charge in [-0.15, -0.1) is 0 Å². The molecule has 0 atom stereocenters. The maximum absolute atomic E-state index is 12.4. The summed E-state index contributed by atoms with van der Waals surface area (Å²) in [6.45, 7) is 0.687. The molecule has 6 heteroatoms. The van der Waals surface area contributed by atoms with Crippen LogP contribution in [0.2, 0.25) is 0 Å². The summed E-state index contributed by atoms with van der Waals surface area (Å²) in [7, 11) is 0. The third-order valence-corrected chi connectivity index (χ3v) is 3.40. The normalized spacial score (nSPS) is 12.4. The lowest BCUT2D eigenvalue weighted by Gasteiger charge is -2.20. The molecule has 0 amide bonds. The van der Waals surface area contributed by atoms with E-state index in [1.165, 1.54) is 10.9 Å². The Hall–Kier alpha value is -2.89. The van der Waals surface area contributed by atoms with Crippen LogP contribution in [0.3, 0.4) is 0 Å². The first-order valence-electron chi connectivity index (χ1n) is 6.27. The summed E-state index contributed by atoms with van der Waals surface area (Å²) < 4.78 is 3.21. The number of fused-ring (bicyclic) bond motifs is 3. The second-order valence-corrected chi connectivity index (χ2v) is 4.58. The molecule has 0 fully saturated rings. The number of benzene rings is 1. The average Bonchev–Trinajstić information content (AvgIpc) is 3.16. The minimum atomic E-state index is -0.143. The number of para-hydroxylation sites is 1. The Morgan fingerprint density at radius 1 is 1.30 bits per heavy atom. The van der Waals surface area contributed by atoms with Crippen molar-refractivity contribution in [2.45, 2.75) is 6.54 Å². The Labute approximate surface area is 114 Å². The Morgan fingerprint density at radius 3 is 3.05 bits per heavy atom. The third-order valence-electron chi connectivity index (χ3n) is 3.40. The lowest BCUT2D eigenvalue weighted by Crippen LogP contribution is -2.18. The molecule has 6 nitrogen and oxygen atoms in total. The lowest BCUT2D eigenvalue weighted by molar-refractivity contribution is 0.0960. The van der Waals surface area contributed by atoms with Crippen LogP contribution in [0.1, 0.15) is 15.9 Å². The van der Waals surface area contributed by atoms with Crippen molar-refractivity contribution < 1.29 is 4.79 Å². The van der Waals surface area contributed by atoms with Crippen molar-refractivity contribution in [3.05, 3.63) is 60.3 Å². The molecular formula is C14H11N5O. The standard InChI is InChI=1S/C14H11N5O/c20-14(18-6-5-15-9-18)11-8-17-19-12-4-2-1-3-10(12)7-16-13(11)19/h1-6,8-9,16H,7H2. The largest absolute Gasteiger partial charge is 0.365 e. The van der Waals surface area contributed by atoms with E-state index in [-0.39, 0.29) is 5.91 Å². The zero-order valence-corrected chi connectivity index (χ0v) is 10.5. The summed E-state index contributed by atoms with van der Waals surface area (Å²) in [4.78, 5) is 16.3. The quantitative estimate of drug-likeness (QED) is 0.727. The fourth-order valence-electron chi connectivity index (χ4n) is 2.42. The molecule has 0 saturated carbocycles. The Kier molecular flexibility index (Phi) is 2.23. The highest BCUT2D eigenvalue weighted by atomic mass is 16.2. The number of imidazole rings is 1. The van der Waals surface area contributed by atoms with Crippen molar-refractivity contribution in [1.82, 2.24) is 19.3 Å². The monoisotopic (exact) mass is 265 g/mol. The van der Waals surface area contributed by atoms with Gasteiger partial charge in [0.15, 0.2) is 0 Å². The highest BCUT2D eigenvalue weighted by molar-refractivity contribution is 6.00. The molecule has 0 radical (unpaired) electrons. The average molecular weight is 265 g/mol. The van der Waals surface area contributed by atoms with Gasteiger partial charge in [0.2, 0.25) is 0 Å². The second kappa shape index (κ2) is 4.06. The van der Waals surface area contributed by atoms with Gasteiger partial charge in [-0.05, 0) is 11.6 Å². The van der Waals surface area contributed by atoms with Crippen molar-refractivity contribution in [3.8, 4) is 5.69 Å². The maximum Gasteiger partial charge on any atom is 0.268 e. The topological polar surface area (TPSA) is 64.7 Å². The van der Waals surface area contributed by atoms with Crippen molar-refractivity contribution in [2.24, 2.45) is 0 Å². The lowest BCUT2D eigenvalue weighted by atomic mass is 10.1. The molecule has 3 heterocycles. The fraction of sp³-hybridized carbons (Fsp3) is 0.0714. The van der Waals surface area contributed by atoms with Crippen LogP contribution in [0.5, 0.6) is 0 Å². The summed E-state index contributed by atoms with van der Waals surface area (Å²) in [5, 5.41) is 7.58. The summed E-state index contributed by atoms with van der Waals surface area (Å²) in [6.07, 6.45) is 6.29. The van der Waals surface area contributed by atoms with Crippen molar-refractivity contribution in [1.29, 1.82) is 0 Å². The van der Waals surface area contributed by atoms with Gasteiger partial charge in [-0.25, -0.2) is 9.67 Å². The zero-order valence-electron chi connectivity index (χ0n) is 10.5. The van der Waals surface area contributed by atoms with Crippen LogP contribution in [0.25, 0.3) is 5.69 Å². The van der Waals surface area contributed by atoms with Gasteiger partial charge in [0.25, 0.3) is 5.91 Å². The molecule has 2 aromatic heterocycles. The van der Waals surface area contributed by atoms with E-state index in [4.69, 9.17) is 0 Å². The van der Waals surface area contributed by atoms with E-state index in [0.29, 0.717) is 12.1 Å². The van der Waals surface area contributed by atoms with Gasteiger partial charge < -0.3 is 5.32 Å². The number of aromatic nitrogens is 4. The summed E-state index contributed by atoms with van der Waals surface area (Å²) in [5.41, 5.74) is 2.70. The molecule has 0 aliphatic carbocycles. The van der Waals surface area contributed by atoms with Crippen LogP contribution >= 0.6 is 0 Å². The molecule has 0 spiro atoms. The van der Waals surface area contributed by atoms with Gasteiger partial charge in [0.1, 0.15) is 17.7 Å². The van der Waals surface area contributed by atoms with E-state index >= 15 is 0 Å². The van der Waals surface area contributed by atoms with Gasteiger partial charge in [-0.1, -0.05) is 18.2 Å². The van der Waals surface area contributed by atoms with E-state index in [2.05, 4.69) is 15.4 Å². The first-order chi connectivity index (χ1) is 9.84. The van der Waals surface area contributed by atoms with Gasteiger partial charge in [-0.2, -0.15) is 5.10 Å². The molecule has 20 heavy (non-hydrogen) atoms. The van der Waals surface area contributed by atoms with Crippen molar-refractivity contribution in [3.63, 3.8) is 0 Å². The molecule has 0 unspecified atom stereocenters. The summed E-state index contributed by atoms with van der Waals surface area (Å²) in [5.74, 6) is 0.582. The van der Waals surface area contributed by atoms with Gasteiger partial charge in [0, 0.05) is 18.9 Å². The second-order valence-electron chi connectivity index (χ2n) is 4.58. The summed E-state index contributed by atoms with van der Waals surface area (Å²) in [6, 6.07) is 8.00. The minimum Gasteiger partial charge on any atom is -0.365 e. The first-order valence-corrected chi connectivity index (χ1v) is 6.27. The first kappa shape index (κ1) is 11.0. The van der Waals surface area contributed by atoms with E-state index in [1.807, 2.05) is 24.3 Å². The van der Waals surface area contributed by atoms with Crippen LogP contribution in [0.15, 0.2) is 49.2 Å². The Balaban J connectivity index is 1.84. The molecule has 0 saturated heterocycles. The van der Waals surface area contributed by atoms with Crippen LogP contribution in [-0.4, -0.2) is 25.2 Å². The molecule has 1 N–H and O–H groups in total. The van der Waals surface area contributed by atoms with E-state index in [1.54, 1.807) is 23.3 Å². The number of carbonyl (C=O) groups is 1. The van der Waals surface area contributed by atoms with E-state index in [9.17, 15) is 4.79 Å². The highest BCUT2D eigenvalue weighted by Gasteiger charge is 2.23. The van der Waals surface area contributed by atoms with E-state index in [0.717, 1.165) is 17.1 Å². The third kappa shape index (κ3) is 1.48. The Morgan fingerprint density at radius 2 is 2.20 bits per heavy atom. The van der Waals surface area contributed by atoms with Crippen LogP contribution < -0.4 is 5.32 Å². The molecular weight excluding hydrogens is 254 g/mol. The number of nitrogens with zero attached hydrogens (tertiary/aromatic N) is 4. The number of hydrogen-bond acceptors (Lipinski definition) is 4. The van der Waals surface area contributed by atoms with Crippen LogP contribution in [-0.2, 0) is 6.54 Å². The molecule has 0 bridgehead atoms. The van der Waals surface area contributed by atoms with E-state index < -0.39 is 0 Å². The molecule has 1 aromatic carbocycles. The molecule has 1 aliphatic heterocycles. The molecule has 98 valence electrons. The Bertz CT molecular complexity index is 788. The summed E-state index contributed by atoms with van der Waals surface area (Å²) >= 11 is 0. The number of rotatable bonds is 1. The highest BCUT2D eigenvalue weighted by Crippen LogP contribution is 2.28. The predicted molar refractivity (Wildman–Crippen MR) is 72.8 cm³/mol. The zero-order chi connectivity index (χ0) is 13.5. The number of nitrogens with one attached hydrogen (secondary N) is 1. The van der Waals surface area contributed by atoms with Crippen LogP contribution in [0, 0.1) is 0 Å². The smallest absolute Gasteiger partial charge is 0.268 e. The predicted octanol–water partition coefficient (Wildman–Crippen LogP) is 1.68.